The predicted octanol–water partition coefficient (Wildman–Crippen LogP) is 2.59. The van der Waals surface area contributed by atoms with E-state index in [9.17, 15) is 4.39 Å². The molecule has 0 spiro atoms. The van der Waals surface area contributed by atoms with E-state index in [2.05, 4.69) is 24.2 Å². The second-order valence-corrected chi connectivity index (χ2v) is 5.49. The molecule has 20 heavy (non-hydrogen) atoms. The van der Waals surface area contributed by atoms with Crippen LogP contribution in [-0.4, -0.2) is 44.3 Å². The molecule has 0 aromatic heterocycles. The maximum Gasteiger partial charge on any atom is 0.128 e. The second-order valence-electron chi connectivity index (χ2n) is 5.49. The van der Waals surface area contributed by atoms with Crippen LogP contribution in [-0.2, 0) is 4.74 Å². The van der Waals surface area contributed by atoms with Gasteiger partial charge in [-0.2, -0.15) is 0 Å². The lowest BCUT2D eigenvalue weighted by Gasteiger charge is -2.29. The average Bonchev–Trinajstić information content (AvgIpc) is 2.98. The highest BCUT2D eigenvalue weighted by molar-refractivity contribution is 5.21. The largest absolute Gasteiger partial charge is 0.380 e. The fourth-order valence-corrected chi connectivity index (χ4v) is 2.66. The highest BCUT2D eigenvalue weighted by atomic mass is 19.1. The molecule has 4 heteroatoms. The zero-order chi connectivity index (χ0) is 14.4. The summed E-state index contributed by atoms with van der Waals surface area (Å²) in [7, 11) is 2.10. The van der Waals surface area contributed by atoms with Crippen molar-refractivity contribution < 1.29 is 9.13 Å². The minimum atomic E-state index is -0.128. The van der Waals surface area contributed by atoms with E-state index in [1.165, 1.54) is 6.07 Å². The van der Waals surface area contributed by atoms with Gasteiger partial charge in [0.15, 0.2) is 0 Å². The molecule has 2 atom stereocenters. The van der Waals surface area contributed by atoms with Crippen LogP contribution in [0.4, 0.5) is 4.39 Å². The number of halogens is 1. The Balaban J connectivity index is 2.04. The molecule has 112 valence electrons. The van der Waals surface area contributed by atoms with E-state index in [1.807, 2.05) is 12.1 Å². The number of nitrogens with zero attached hydrogens (tertiary/aromatic N) is 1. The summed E-state index contributed by atoms with van der Waals surface area (Å²) in [6.45, 7) is 5.44. The van der Waals surface area contributed by atoms with Gasteiger partial charge in [-0.15, -0.1) is 0 Å². The van der Waals surface area contributed by atoms with Gasteiger partial charge in [0, 0.05) is 30.8 Å². The minimum absolute atomic E-state index is 0.0294. The first-order valence-corrected chi connectivity index (χ1v) is 7.48. The van der Waals surface area contributed by atoms with Gasteiger partial charge in [-0.3, -0.25) is 4.90 Å². The number of ether oxygens (including phenoxy) is 1. The maximum atomic E-state index is 14.0. The van der Waals surface area contributed by atoms with Crippen LogP contribution >= 0.6 is 0 Å². The van der Waals surface area contributed by atoms with Crippen LogP contribution in [0.25, 0.3) is 0 Å². The zero-order valence-electron chi connectivity index (χ0n) is 12.4. The van der Waals surface area contributed by atoms with E-state index in [0.717, 1.165) is 44.7 Å². The minimum Gasteiger partial charge on any atom is -0.380 e. The van der Waals surface area contributed by atoms with Crippen molar-refractivity contribution in [1.29, 1.82) is 0 Å². The van der Waals surface area contributed by atoms with Gasteiger partial charge in [0.05, 0.1) is 6.61 Å². The van der Waals surface area contributed by atoms with Gasteiger partial charge in [0.1, 0.15) is 5.82 Å². The summed E-state index contributed by atoms with van der Waals surface area (Å²) >= 11 is 0. The van der Waals surface area contributed by atoms with E-state index >= 15 is 0 Å². The van der Waals surface area contributed by atoms with Gasteiger partial charge in [-0.1, -0.05) is 25.1 Å². The Kier molecular flexibility index (Phi) is 5.95. The fourth-order valence-electron chi connectivity index (χ4n) is 2.66. The monoisotopic (exact) mass is 280 g/mol. The van der Waals surface area contributed by atoms with E-state index in [0.29, 0.717) is 6.04 Å². The lowest BCUT2D eigenvalue weighted by atomic mass is 10.0. The average molecular weight is 280 g/mol. The van der Waals surface area contributed by atoms with Gasteiger partial charge >= 0.3 is 0 Å². The van der Waals surface area contributed by atoms with Crippen molar-refractivity contribution in [3.63, 3.8) is 0 Å². The van der Waals surface area contributed by atoms with Crippen LogP contribution in [0.15, 0.2) is 24.3 Å². The van der Waals surface area contributed by atoms with Crippen LogP contribution in [0.3, 0.4) is 0 Å². The van der Waals surface area contributed by atoms with E-state index < -0.39 is 0 Å². The van der Waals surface area contributed by atoms with Crippen molar-refractivity contribution in [1.82, 2.24) is 10.2 Å². The number of likely N-dealkylation sites (N-methyl/N-ethyl adjacent to an activating group) is 1. The Bertz CT molecular complexity index is 407. The van der Waals surface area contributed by atoms with E-state index in [-0.39, 0.29) is 11.9 Å². The Morgan fingerprint density at radius 1 is 1.45 bits per heavy atom. The number of rotatable bonds is 7. The summed E-state index contributed by atoms with van der Waals surface area (Å²) in [4.78, 5) is 2.28. The summed E-state index contributed by atoms with van der Waals surface area (Å²) in [6.07, 6.45) is 2.11. The molecule has 1 aromatic carbocycles. The number of benzene rings is 1. The van der Waals surface area contributed by atoms with Gasteiger partial charge < -0.3 is 10.1 Å². The summed E-state index contributed by atoms with van der Waals surface area (Å²) in [5, 5.41) is 3.46. The van der Waals surface area contributed by atoms with Gasteiger partial charge in [0.2, 0.25) is 0 Å². The molecule has 2 rings (SSSR count). The molecule has 0 saturated carbocycles. The lowest BCUT2D eigenvalue weighted by molar-refractivity contribution is 0.152. The molecule has 0 bridgehead atoms. The summed E-state index contributed by atoms with van der Waals surface area (Å²) < 4.78 is 19.4. The highest BCUT2D eigenvalue weighted by Crippen LogP contribution is 2.20. The summed E-state index contributed by atoms with van der Waals surface area (Å²) in [5.74, 6) is -0.128. The van der Waals surface area contributed by atoms with Crippen molar-refractivity contribution in [3.8, 4) is 0 Å². The van der Waals surface area contributed by atoms with Crippen LogP contribution in [0.1, 0.15) is 31.4 Å². The second kappa shape index (κ2) is 7.72. The molecule has 3 nitrogen and oxygen atoms in total. The molecule has 0 amide bonds. The first-order chi connectivity index (χ1) is 9.72. The number of nitrogens with one attached hydrogen (secondary N) is 1. The summed E-state index contributed by atoms with van der Waals surface area (Å²) in [5.41, 5.74) is 0.756. The van der Waals surface area contributed by atoms with Crippen LogP contribution in [0.2, 0.25) is 0 Å². The number of hydrogen-bond donors (Lipinski definition) is 1. The van der Waals surface area contributed by atoms with Crippen molar-refractivity contribution in [2.24, 2.45) is 0 Å². The molecule has 1 saturated heterocycles. The van der Waals surface area contributed by atoms with Crippen molar-refractivity contribution in [2.75, 3.05) is 33.4 Å². The van der Waals surface area contributed by atoms with E-state index in [1.54, 1.807) is 6.07 Å². The number of hydrogen-bond acceptors (Lipinski definition) is 3. The van der Waals surface area contributed by atoms with Crippen LogP contribution in [0, 0.1) is 5.82 Å². The quantitative estimate of drug-likeness (QED) is 0.831. The third-order valence-corrected chi connectivity index (χ3v) is 3.92. The molecular weight excluding hydrogens is 255 g/mol. The molecule has 1 N–H and O–H groups in total. The topological polar surface area (TPSA) is 24.5 Å². The van der Waals surface area contributed by atoms with Gasteiger partial charge in [0.25, 0.3) is 0 Å². The SMILES string of the molecule is CCCNC(CN(C)C1CCOC1)c1ccccc1F. The molecule has 2 unspecified atom stereocenters. The highest BCUT2D eigenvalue weighted by Gasteiger charge is 2.24. The Hall–Kier alpha value is -0.970. The van der Waals surface area contributed by atoms with E-state index in [4.69, 9.17) is 4.74 Å². The smallest absolute Gasteiger partial charge is 0.128 e. The Morgan fingerprint density at radius 2 is 2.25 bits per heavy atom. The maximum absolute atomic E-state index is 14.0. The molecule has 0 radical (unpaired) electrons. The van der Waals surface area contributed by atoms with Crippen molar-refractivity contribution >= 4 is 0 Å². The third kappa shape index (κ3) is 4.01. The van der Waals surface area contributed by atoms with Crippen LogP contribution in [0.5, 0.6) is 0 Å². The molecule has 0 aliphatic carbocycles. The Morgan fingerprint density at radius 3 is 2.90 bits per heavy atom. The van der Waals surface area contributed by atoms with Crippen molar-refractivity contribution in [3.05, 3.63) is 35.6 Å². The standard InChI is InChI=1S/C16H25FN2O/c1-3-9-18-16(14-6-4-5-7-15(14)17)11-19(2)13-8-10-20-12-13/h4-7,13,16,18H,3,8-12H2,1-2H3. The zero-order valence-corrected chi connectivity index (χ0v) is 12.4. The lowest BCUT2D eigenvalue weighted by Crippen LogP contribution is -2.39. The fraction of sp³-hybridized carbons (Fsp3) is 0.625. The predicted molar refractivity (Wildman–Crippen MR) is 79.3 cm³/mol. The molecule has 1 fully saturated rings. The van der Waals surface area contributed by atoms with Crippen molar-refractivity contribution in [2.45, 2.75) is 31.8 Å². The molecule has 1 heterocycles. The normalized spacial score (nSPS) is 20.5. The molecule has 1 aliphatic rings. The van der Waals surface area contributed by atoms with Gasteiger partial charge in [-0.05, 0) is 32.5 Å². The summed E-state index contributed by atoms with van der Waals surface area (Å²) in [6, 6.07) is 7.53. The molecular formula is C16H25FN2O. The van der Waals surface area contributed by atoms with Crippen LogP contribution < -0.4 is 5.32 Å². The molecule has 1 aliphatic heterocycles. The first-order valence-electron chi connectivity index (χ1n) is 7.48. The van der Waals surface area contributed by atoms with Gasteiger partial charge in [-0.25, -0.2) is 4.39 Å². The molecule has 1 aromatic rings. The Labute approximate surface area is 121 Å². The third-order valence-electron chi connectivity index (χ3n) is 3.92. The first kappa shape index (κ1) is 15.4.